The molecule has 1 aromatic carbocycles. The van der Waals surface area contributed by atoms with E-state index >= 15 is 0 Å². The molecule has 1 atom stereocenters. The third kappa shape index (κ3) is 2.07. The van der Waals surface area contributed by atoms with Crippen molar-refractivity contribution in [1.29, 1.82) is 0 Å². The molecule has 92 valence electrons. The van der Waals surface area contributed by atoms with Crippen molar-refractivity contribution < 1.29 is 18.3 Å². The molecule has 1 saturated carbocycles. The van der Waals surface area contributed by atoms with E-state index in [1.807, 2.05) is 0 Å². The summed E-state index contributed by atoms with van der Waals surface area (Å²) in [5.41, 5.74) is 6.62. The number of halogens is 2. The van der Waals surface area contributed by atoms with Crippen molar-refractivity contribution in [3.8, 4) is 11.5 Å². The maximum absolute atomic E-state index is 13.0. The van der Waals surface area contributed by atoms with Crippen molar-refractivity contribution >= 4 is 0 Å². The molecular weight excluding hydrogens is 228 g/mol. The zero-order valence-electron chi connectivity index (χ0n) is 9.16. The third-order valence-electron chi connectivity index (χ3n) is 3.14. The number of benzene rings is 1. The van der Waals surface area contributed by atoms with Crippen molar-refractivity contribution in [3.05, 3.63) is 23.8 Å². The Hall–Kier alpha value is -1.36. The van der Waals surface area contributed by atoms with Gasteiger partial charge in [-0.1, -0.05) is 25.0 Å². The average molecular weight is 241 g/mol. The van der Waals surface area contributed by atoms with Crippen LogP contribution in [-0.4, -0.2) is 6.29 Å². The van der Waals surface area contributed by atoms with Crippen molar-refractivity contribution in [3.63, 3.8) is 0 Å². The number of hydrogen-bond donors (Lipinski definition) is 1. The second-order valence-electron chi connectivity index (χ2n) is 4.63. The molecule has 0 amide bonds. The number of fused-ring (bicyclic) bond motifs is 1. The SMILES string of the molecule is N[C@@H](CC1CC1)c1cccc2c1OC(F)(F)O2. The van der Waals surface area contributed by atoms with E-state index in [0.717, 1.165) is 6.42 Å². The van der Waals surface area contributed by atoms with Gasteiger partial charge < -0.3 is 15.2 Å². The summed E-state index contributed by atoms with van der Waals surface area (Å²) in [5.74, 6) is 0.785. The first kappa shape index (κ1) is 10.8. The first-order valence-corrected chi connectivity index (χ1v) is 5.69. The zero-order valence-corrected chi connectivity index (χ0v) is 9.16. The lowest BCUT2D eigenvalue weighted by atomic mass is 10.0. The molecule has 5 heteroatoms. The lowest BCUT2D eigenvalue weighted by Gasteiger charge is -2.13. The molecule has 0 radical (unpaired) electrons. The summed E-state index contributed by atoms with van der Waals surface area (Å²) in [6, 6.07) is 4.57. The highest BCUT2D eigenvalue weighted by atomic mass is 19.3. The van der Waals surface area contributed by atoms with E-state index in [1.54, 1.807) is 12.1 Å². The first-order valence-electron chi connectivity index (χ1n) is 5.69. The highest BCUT2D eigenvalue weighted by Gasteiger charge is 2.45. The molecule has 2 N–H and O–H groups in total. The number of rotatable bonds is 3. The molecule has 17 heavy (non-hydrogen) atoms. The Bertz CT molecular complexity index is 446. The van der Waals surface area contributed by atoms with Crippen LogP contribution >= 0.6 is 0 Å². The van der Waals surface area contributed by atoms with Crippen LogP contribution in [0.1, 0.15) is 30.9 Å². The average Bonchev–Trinajstić information content (AvgIpc) is 2.97. The van der Waals surface area contributed by atoms with Crippen LogP contribution in [0.15, 0.2) is 18.2 Å². The van der Waals surface area contributed by atoms with Crippen LogP contribution in [-0.2, 0) is 0 Å². The van der Waals surface area contributed by atoms with E-state index in [-0.39, 0.29) is 17.5 Å². The fourth-order valence-electron chi connectivity index (χ4n) is 2.12. The summed E-state index contributed by atoms with van der Waals surface area (Å²) in [5, 5.41) is 0. The number of hydrogen-bond acceptors (Lipinski definition) is 3. The topological polar surface area (TPSA) is 44.5 Å². The van der Waals surface area contributed by atoms with Crippen LogP contribution in [0.2, 0.25) is 0 Å². The van der Waals surface area contributed by atoms with Gasteiger partial charge in [0.25, 0.3) is 0 Å². The summed E-state index contributed by atoms with van der Waals surface area (Å²) in [6.45, 7) is 0. The molecule has 0 spiro atoms. The highest BCUT2D eigenvalue weighted by molar-refractivity contribution is 5.50. The maximum atomic E-state index is 13.0. The molecule has 1 aliphatic carbocycles. The van der Waals surface area contributed by atoms with Crippen LogP contribution in [0.3, 0.4) is 0 Å². The quantitative estimate of drug-likeness (QED) is 0.885. The fourth-order valence-corrected chi connectivity index (χ4v) is 2.12. The third-order valence-corrected chi connectivity index (χ3v) is 3.14. The Balaban J connectivity index is 1.88. The molecule has 1 heterocycles. The minimum absolute atomic E-state index is 0.0683. The molecule has 1 fully saturated rings. The Morgan fingerprint density at radius 2 is 2.12 bits per heavy atom. The van der Waals surface area contributed by atoms with Gasteiger partial charge in [-0.2, -0.15) is 0 Å². The van der Waals surface area contributed by atoms with Crippen LogP contribution in [0, 0.1) is 5.92 Å². The normalized spacial score (nSPS) is 22.5. The van der Waals surface area contributed by atoms with Gasteiger partial charge in [-0.25, -0.2) is 0 Å². The van der Waals surface area contributed by atoms with Crippen LogP contribution < -0.4 is 15.2 Å². The molecule has 0 saturated heterocycles. The van der Waals surface area contributed by atoms with E-state index in [1.165, 1.54) is 18.9 Å². The number of para-hydroxylation sites is 1. The van der Waals surface area contributed by atoms with Crippen LogP contribution in [0.25, 0.3) is 0 Å². The van der Waals surface area contributed by atoms with Crippen LogP contribution in [0.5, 0.6) is 11.5 Å². The smallest absolute Gasteiger partial charge is 0.395 e. The summed E-state index contributed by atoms with van der Waals surface area (Å²) >= 11 is 0. The van der Waals surface area contributed by atoms with Crippen molar-refractivity contribution in [1.82, 2.24) is 0 Å². The second kappa shape index (κ2) is 3.57. The minimum Gasteiger partial charge on any atom is -0.395 e. The lowest BCUT2D eigenvalue weighted by molar-refractivity contribution is -0.287. The van der Waals surface area contributed by atoms with Gasteiger partial charge in [-0.05, 0) is 18.4 Å². The predicted octanol–water partition coefficient (Wildman–Crippen LogP) is 2.81. The van der Waals surface area contributed by atoms with Gasteiger partial charge in [0.2, 0.25) is 0 Å². The number of ether oxygens (including phenoxy) is 2. The highest BCUT2D eigenvalue weighted by Crippen LogP contribution is 2.46. The zero-order chi connectivity index (χ0) is 12.0. The Labute approximate surface area is 97.5 Å². The summed E-state index contributed by atoms with van der Waals surface area (Å²) < 4.78 is 34.8. The van der Waals surface area contributed by atoms with E-state index in [0.29, 0.717) is 11.5 Å². The molecule has 3 nitrogen and oxygen atoms in total. The predicted molar refractivity (Wildman–Crippen MR) is 56.9 cm³/mol. The largest absolute Gasteiger partial charge is 0.586 e. The van der Waals surface area contributed by atoms with E-state index in [4.69, 9.17) is 5.73 Å². The molecular formula is C12H13F2NO2. The summed E-state index contributed by atoms with van der Waals surface area (Å²) in [7, 11) is 0. The first-order chi connectivity index (χ1) is 8.05. The van der Waals surface area contributed by atoms with Crippen molar-refractivity contribution in [2.45, 2.75) is 31.6 Å². The molecule has 0 bridgehead atoms. The lowest BCUT2D eigenvalue weighted by Crippen LogP contribution is -2.26. The van der Waals surface area contributed by atoms with Gasteiger partial charge in [0.15, 0.2) is 11.5 Å². The fraction of sp³-hybridized carbons (Fsp3) is 0.500. The van der Waals surface area contributed by atoms with Gasteiger partial charge in [0.1, 0.15) is 0 Å². The van der Waals surface area contributed by atoms with Crippen molar-refractivity contribution in [2.24, 2.45) is 11.7 Å². The molecule has 1 aromatic rings. The van der Waals surface area contributed by atoms with Gasteiger partial charge in [0.05, 0.1) is 0 Å². The Kier molecular flexibility index (Phi) is 2.26. The maximum Gasteiger partial charge on any atom is 0.586 e. The summed E-state index contributed by atoms with van der Waals surface area (Å²) in [4.78, 5) is 0. The van der Waals surface area contributed by atoms with Gasteiger partial charge in [0, 0.05) is 11.6 Å². The van der Waals surface area contributed by atoms with E-state index in [2.05, 4.69) is 9.47 Å². The molecule has 0 unspecified atom stereocenters. The van der Waals surface area contributed by atoms with Crippen molar-refractivity contribution in [2.75, 3.05) is 0 Å². The second-order valence-corrected chi connectivity index (χ2v) is 4.63. The Morgan fingerprint density at radius 1 is 1.35 bits per heavy atom. The van der Waals surface area contributed by atoms with Gasteiger partial charge in [-0.15, -0.1) is 8.78 Å². The van der Waals surface area contributed by atoms with Gasteiger partial charge in [-0.3, -0.25) is 0 Å². The number of nitrogens with two attached hydrogens (primary N) is 1. The monoisotopic (exact) mass is 241 g/mol. The molecule has 0 aromatic heterocycles. The molecule has 2 aliphatic rings. The van der Waals surface area contributed by atoms with Gasteiger partial charge >= 0.3 is 6.29 Å². The van der Waals surface area contributed by atoms with E-state index in [9.17, 15) is 8.78 Å². The number of alkyl halides is 2. The summed E-state index contributed by atoms with van der Waals surface area (Å²) in [6.07, 6.45) is -0.407. The minimum atomic E-state index is -3.57. The Morgan fingerprint density at radius 3 is 2.82 bits per heavy atom. The van der Waals surface area contributed by atoms with E-state index < -0.39 is 6.29 Å². The molecule has 1 aliphatic heterocycles. The molecule has 3 rings (SSSR count). The van der Waals surface area contributed by atoms with Crippen LogP contribution in [0.4, 0.5) is 8.78 Å². The standard InChI is InChI=1S/C12H13F2NO2/c13-12(14)16-10-3-1-2-8(11(10)17-12)9(15)6-7-4-5-7/h1-3,7,9H,4-6,15H2/t9-/m0/s1.